The Bertz CT molecular complexity index is 487. The Kier molecular flexibility index (Phi) is 4.01. The van der Waals surface area contributed by atoms with E-state index < -0.39 is 6.10 Å². The fourth-order valence-corrected chi connectivity index (χ4v) is 3.20. The zero-order valence-corrected chi connectivity index (χ0v) is 12.3. The van der Waals surface area contributed by atoms with Gasteiger partial charge in [-0.3, -0.25) is 4.68 Å². The Morgan fingerprint density at radius 2 is 2.35 bits per heavy atom. The molecule has 17 heavy (non-hydrogen) atoms. The van der Waals surface area contributed by atoms with E-state index in [1.165, 1.54) is 4.88 Å². The van der Waals surface area contributed by atoms with Crippen molar-refractivity contribution in [3.63, 3.8) is 0 Å². The summed E-state index contributed by atoms with van der Waals surface area (Å²) in [5.41, 5.74) is 1.07. The van der Waals surface area contributed by atoms with Crippen molar-refractivity contribution in [1.29, 1.82) is 0 Å². The highest BCUT2D eigenvalue weighted by Gasteiger charge is 2.13. The largest absolute Gasteiger partial charge is 0.387 e. The molecule has 2 aromatic heterocycles. The molecule has 0 bridgehead atoms. The Hall–Kier alpha value is -0.650. The molecular formula is C12H15BrN2OS. The maximum atomic E-state index is 10.1. The number of aliphatic hydroxyl groups excluding tert-OH is 1. The van der Waals surface area contributed by atoms with Crippen LogP contribution in [-0.4, -0.2) is 14.9 Å². The zero-order chi connectivity index (χ0) is 12.4. The van der Waals surface area contributed by atoms with Crippen molar-refractivity contribution in [2.75, 3.05) is 0 Å². The van der Waals surface area contributed by atoms with E-state index in [1.807, 2.05) is 37.0 Å². The van der Waals surface area contributed by atoms with E-state index in [0.29, 0.717) is 6.42 Å². The first-order chi connectivity index (χ1) is 8.10. The number of rotatable bonds is 4. The lowest BCUT2D eigenvalue weighted by atomic mass is 10.1. The number of hydrogen-bond acceptors (Lipinski definition) is 3. The van der Waals surface area contributed by atoms with Gasteiger partial charge in [-0.2, -0.15) is 5.10 Å². The highest BCUT2D eigenvalue weighted by atomic mass is 79.9. The van der Waals surface area contributed by atoms with Crippen molar-refractivity contribution < 1.29 is 5.11 Å². The lowest BCUT2D eigenvalue weighted by Gasteiger charge is -2.05. The first-order valence-corrected chi connectivity index (χ1v) is 7.16. The SMILES string of the molecule is CCn1cc(CC(O)c2cc(Br)c(C)s2)cn1. The molecule has 0 spiro atoms. The van der Waals surface area contributed by atoms with Gasteiger partial charge in [0, 0.05) is 33.4 Å². The van der Waals surface area contributed by atoms with Crippen LogP contribution in [0, 0.1) is 6.92 Å². The van der Waals surface area contributed by atoms with Gasteiger partial charge in [0.25, 0.3) is 0 Å². The van der Waals surface area contributed by atoms with Gasteiger partial charge in [-0.15, -0.1) is 11.3 Å². The van der Waals surface area contributed by atoms with Crippen molar-refractivity contribution in [3.8, 4) is 0 Å². The van der Waals surface area contributed by atoms with Gasteiger partial charge in [-0.25, -0.2) is 0 Å². The summed E-state index contributed by atoms with van der Waals surface area (Å²) in [6.45, 7) is 4.95. The summed E-state index contributed by atoms with van der Waals surface area (Å²) >= 11 is 5.10. The third-order valence-electron chi connectivity index (χ3n) is 2.64. The van der Waals surface area contributed by atoms with Crippen LogP contribution in [0.25, 0.3) is 0 Å². The Morgan fingerprint density at radius 3 is 2.88 bits per heavy atom. The maximum Gasteiger partial charge on any atom is 0.0923 e. The van der Waals surface area contributed by atoms with Gasteiger partial charge in [0.15, 0.2) is 0 Å². The van der Waals surface area contributed by atoms with Crippen LogP contribution >= 0.6 is 27.3 Å². The van der Waals surface area contributed by atoms with Crippen LogP contribution in [0.1, 0.15) is 28.3 Å². The summed E-state index contributed by atoms with van der Waals surface area (Å²) in [5, 5.41) is 14.4. The van der Waals surface area contributed by atoms with Crippen LogP contribution in [-0.2, 0) is 13.0 Å². The molecule has 0 saturated heterocycles. The van der Waals surface area contributed by atoms with Gasteiger partial charge in [0.1, 0.15) is 0 Å². The second-order valence-corrected chi connectivity index (χ2v) is 6.12. The molecular weight excluding hydrogens is 300 g/mol. The maximum absolute atomic E-state index is 10.1. The first kappa shape index (κ1) is 12.8. The minimum Gasteiger partial charge on any atom is -0.387 e. The van der Waals surface area contributed by atoms with Crippen LogP contribution in [0.4, 0.5) is 0 Å². The third kappa shape index (κ3) is 2.97. The average Bonchev–Trinajstić information content (AvgIpc) is 2.87. The summed E-state index contributed by atoms with van der Waals surface area (Å²) in [6.07, 6.45) is 3.98. The number of hydrogen-bond donors (Lipinski definition) is 1. The van der Waals surface area contributed by atoms with E-state index >= 15 is 0 Å². The molecule has 0 radical (unpaired) electrons. The average molecular weight is 315 g/mol. The molecule has 0 fully saturated rings. The van der Waals surface area contributed by atoms with E-state index in [4.69, 9.17) is 0 Å². The highest BCUT2D eigenvalue weighted by Crippen LogP contribution is 2.31. The van der Waals surface area contributed by atoms with Gasteiger partial charge in [-0.05, 0) is 41.4 Å². The fraction of sp³-hybridized carbons (Fsp3) is 0.417. The number of aromatic nitrogens is 2. The van der Waals surface area contributed by atoms with E-state index in [2.05, 4.69) is 21.0 Å². The predicted molar refractivity (Wildman–Crippen MR) is 73.3 cm³/mol. The highest BCUT2D eigenvalue weighted by molar-refractivity contribution is 9.10. The van der Waals surface area contributed by atoms with Gasteiger partial charge in [0.2, 0.25) is 0 Å². The summed E-state index contributed by atoms with van der Waals surface area (Å²) in [4.78, 5) is 2.20. The van der Waals surface area contributed by atoms with Crippen LogP contribution in [0.2, 0.25) is 0 Å². The monoisotopic (exact) mass is 314 g/mol. The fourth-order valence-electron chi connectivity index (χ4n) is 1.65. The van der Waals surface area contributed by atoms with Crippen molar-refractivity contribution in [2.45, 2.75) is 32.9 Å². The molecule has 1 unspecified atom stereocenters. The smallest absolute Gasteiger partial charge is 0.0923 e. The minimum atomic E-state index is -0.445. The normalized spacial score (nSPS) is 12.9. The summed E-state index contributed by atoms with van der Waals surface area (Å²) in [7, 11) is 0. The van der Waals surface area contributed by atoms with E-state index in [9.17, 15) is 5.11 Å². The first-order valence-electron chi connectivity index (χ1n) is 5.55. The summed E-state index contributed by atoms with van der Waals surface area (Å²) in [5.74, 6) is 0. The molecule has 0 amide bonds. The second kappa shape index (κ2) is 5.33. The number of aryl methyl sites for hydroxylation is 2. The van der Waals surface area contributed by atoms with Crippen LogP contribution in [0.5, 0.6) is 0 Å². The molecule has 2 aromatic rings. The third-order valence-corrected chi connectivity index (χ3v) is 4.88. The molecule has 0 saturated carbocycles. The predicted octanol–water partition coefficient (Wildman–Crippen LogP) is 3.31. The van der Waals surface area contributed by atoms with Crippen molar-refractivity contribution in [3.05, 3.63) is 38.3 Å². The van der Waals surface area contributed by atoms with E-state index in [-0.39, 0.29) is 0 Å². The van der Waals surface area contributed by atoms with Gasteiger partial charge < -0.3 is 5.11 Å². The lowest BCUT2D eigenvalue weighted by Crippen LogP contribution is -1.98. The van der Waals surface area contributed by atoms with E-state index in [1.54, 1.807) is 11.3 Å². The van der Waals surface area contributed by atoms with Crippen LogP contribution in [0.3, 0.4) is 0 Å². The topological polar surface area (TPSA) is 38.0 Å². The van der Waals surface area contributed by atoms with Crippen molar-refractivity contribution in [2.24, 2.45) is 0 Å². The Morgan fingerprint density at radius 1 is 1.59 bits per heavy atom. The van der Waals surface area contributed by atoms with Gasteiger partial charge in [-0.1, -0.05) is 0 Å². The molecule has 1 atom stereocenters. The molecule has 2 rings (SSSR count). The molecule has 92 valence electrons. The zero-order valence-electron chi connectivity index (χ0n) is 9.85. The molecule has 0 aromatic carbocycles. The quantitative estimate of drug-likeness (QED) is 0.940. The number of thiophene rings is 1. The van der Waals surface area contributed by atoms with Crippen molar-refractivity contribution in [1.82, 2.24) is 9.78 Å². The summed E-state index contributed by atoms with van der Waals surface area (Å²) in [6, 6.07) is 1.99. The van der Waals surface area contributed by atoms with Gasteiger partial charge >= 0.3 is 0 Å². The Labute approximate surface area is 113 Å². The molecule has 0 aliphatic rings. The van der Waals surface area contributed by atoms with Crippen LogP contribution in [0.15, 0.2) is 22.9 Å². The number of aliphatic hydroxyl groups is 1. The van der Waals surface area contributed by atoms with E-state index in [0.717, 1.165) is 21.5 Å². The molecule has 5 heteroatoms. The lowest BCUT2D eigenvalue weighted by molar-refractivity contribution is 0.182. The molecule has 1 N–H and O–H groups in total. The number of halogens is 1. The van der Waals surface area contributed by atoms with Gasteiger partial charge in [0.05, 0.1) is 12.3 Å². The standard InChI is InChI=1S/C12H15BrN2OS/c1-3-15-7-9(6-14-15)4-11(16)12-5-10(13)8(2)17-12/h5-7,11,16H,3-4H2,1-2H3. The molecule has 0 aliphatic heterocycles. The minimum absolute atomic E-state index is 0.445. The van der Waals surface area contributed by atoms with Crippen molar-refractivity contribution >= 4 is 27.3 Å². The number of nitrogens with zero attached hydrogens (tertiary/aromatic N) is 2. The second-order valence-electron chi connectivity index (χ2n) is 3.98. The molecule has 0 aliphatic carbocycles. The van der Waals surface area contributed by atoms with Crippen LogP contribution < -0.4 is 0 Å². The molecule has 3 nitrogen and oxygen atoms in total. The summed E-state index contributed by atoms with van der Waals surface area (Å²) < 4.78 is 2.94. The molecule has 2 heterocycles. The Balaban J connectivity index is 2.08.